The molecular weight excluding hydrogens is 283 g/mol. The summed E-state index contributed by atoms with van der Waals surface area (Å²) in [7, 11) is -3.67. The molecule has 2 rings (SSSR count). The predicted molar refractivity (Wildman–Crippen MR) is 75.1 cm³/mol. The second kappa shape index (κ2) is 6.07. The predicted octanol–water partition coefficient (Wildman–Crippen LogP) is 1.50. The summed E-state index contributed by atoms with van der Waals surface area (Å²) in [5.41, 5.74) is 0.538. The third-order valence-electron chi connectivity index (χ3n) is 3.68. The van der Waals surface area contributed by atoms with E-state index in [-0.39, 0.29) is 23.8 Å². The van der Waals surface area contributed by atoms with E-state index in [0.717, 1.165) is 0 Å². The Labute approximate surface area is 118 Å². The van der Waals surface area contributed by atoms with E-state index in [1.165, 1.54) is 29.4 Å². The average molecular weight is 302 g/mol. The Morgan fingerprint density at radius 3 is 2.65 bits per heavy atom. The maximum Gasteiger partial charge on any atom is 0.301 e. The molecule has 1 aliphatic rings. The Morgan fingerprint density at radius 2 is 2.05 bits per heavy atom. The average Bonchev–Trinajstić information content (AvgIpc) is 2.44. The van der Waals surface area contributed by atoms with Gasteiger partial charge in [0.25, 0.3) is 0 Å². The normalized spacial score (nSPS) is 18.1. The minimum atomic E-state index is -3.67. The van der Waals surface area contributed by atoms with Crippen LogP contribution in [0.2, 0.25) is 0 Å². The zero-order valence-corrected chi connectivity index (χ0v) is 12.2. The minimum Gasteiger partial charge on any atom is -0.396 e. The quantitative estimate of drug-likeness (QED) is 0.885. The van der Waals surface area contributed by atoms with Gasteiger partial charge in [-0.05, 0) is 37.8 Å². The Bertz CT molecular complexity index is 569. The topological polar surface area (TPSA) is 69.6 Å². The minimum absolute atomic E-state index is 0.0876. The van der Waals surface area contributed by atoms with Crippen molar-refractivity contribution >= 4 is 15.9 Å². The van der Waals surface area contributed by atoms with Gasteiger partial charge < -0.3 is 5.11 Å². The van der Waals surface area contributed by atoms with Crippen molar-refractivity contribution in [3.63, 3.8) is 0 Å². The van der Waals surface area contributed by atoms with Gasteiger partial charge in [0, 0.05) is 25.3 Å². The van der Waals surface area contributed by atoms with E-state index in [4.69, 9.17) is 5.11 Å². The Kier molecular flexibility index (Phi) is 4.62. The number of benzene rings is 1. The van der Waals surface area contributed by atoms with Gasteiger partial charge in [-0.1, -0.05) is 6.07 Å². The highest BCUT2D eigenvalue weighted by Gasteiger charge is 2.28. The van der Waals surface area contributed by atoms with Crippen LogP contribution >= 0.6 is 0 Å². The molecule has 20 heavy (non-hydrogen) atoms. The van der Waals surface area contributed by atoms with Gasteiger partial charge >= 0.3 is 10.2 Å². The molecule has 2 N–H and O–H groups in total. The van der Waals surface area contributed by atoms with Gasteiger partial charge in [-0.15, -0.1) is 0 Å². The molecule has 1 heterocycles. The van der Waals surface area contributed by atoms with Crippen molar-refractivity contribution in [1.29, 1.82) is 0 Å². The molecule has 5 nitrogen and oxygen atoms in total. The standard InChI is InChI=1S/C13H19FN2O3S/c1-10-12(14)3-2-4-13(10)15-20(18,19)16-7-5-11(9-17)6-8-16/h2-4,11,15,17H,5-9H2,1H3. The molecule has 0 radical (unpaired) electrons. The van der Waals surface area contributed by atoms with Crippen LogP contribution in [0.15, 0.2) is 18.2 Å². The monoisotopic (exact) mass is 302 g/mol. The zero-order valence-electron chi connectivity index (χ0n) is 11.3. The summed E-state index contributed by atoms with van der Waals surface area (Å²) in [4.78, 5) is 0. The zero-order chi connectivity index (χ0) is 14.8. The number of halogens is 1. The number of hydrogen-bond donors (Lipinski definition) is 2. The van der Waals surface area contributed by atoms with E-state index in [0.29, 0.717) is 25.9 Å². The van der Waals surface area contributed by atoms with Crippen LogP contribution in [0.3, 0.4) is 0 Å². The van der Waals surface area contributed by atoms with E-state index < -0.39 is 16.0 Å². The first kappa shape index (κ1) is 15.2. The first-order valence-corrected chi connectivity index (χ1v) is 8.02. The molecule has 0 unspecified atom stereocenters. The summed E-state index contributed by atoms with van der Waals surface area (Å²) in [6.45, 7) is 2.36. The fourth-order valence-electron chi connectivity index (χ4n) is 2.25. The number of hydrogen-bond acceptors (Lipinski definition) is 3. The highest BCUT2D eigenvalue weighted by molar-refractivity contribution is 7.90. The van der Waals surface area contributed by atoms with Crippen LogP contribution in [-0.2, 0) is 10.2 Å². The first-order valence-electron chi connectivity index (χ1n) is 6.58. The fraction of sp³-hybridized carbons (Fsp3) is 0.538. The number of nitrogens with one attached hydrogen (secondary N) is 1. The van der Waals surface area contributed by atoms with Crippen LogP contribution in [0.25, 0.3) is 0 Å². The third-order valence-corrected chi connectivity index (χ3v) is 5.20. The van der Waals surface area contributed by atoms with Gasteiger partial charge in [0.15, 0.2) is 0 Å². The van der Waals surface area contributed by atoms with Crippen LogP contribution in [0.1, 0.15) is 18.4 Å². The van der Waals surface area contributed by atoms with Crippen molar-refractivity contribution in [2.75, 3.05) is 24.4 Å². The molecule has 1 aromatic carbocycles. The Morgan fingerprint density at radius 1 is 1.40 bits per heavy atom. The Hall–Kier alpha value is -1.18. The number of nitrogens with zero attached hydrogens (tertiary/aromatic N) is 1. The van der Waals surface area contributed by atoms with Crippen molar-refractivity contribution in [1.82, 2.24) is 4.31 Å². The number of aliphatic hydroxyl groups excluding tert-OH is 1. The fourth-order valence-corrected chi connectivity index (χ4v) is 3.57. The molecule has 0 aromatic heterocycles. The summed E-state index contributed by atoms with van der Waals surface area (Å²) < 4.78 is 41.7. The maximum absolute atomic E-state index is 13.4. The van der Waals surface area contributed by atoms with Gasteiger partial charge in [-0.25, -0.2) is 4.39 Å². The molecule has 1 fully saturated rings. The summed E-state index contributed by atoms with van der Waals surface area (Å²) in [5, 5.41) is 9.06. The van der Waals surface area contributed by atoms with Crippen molar-refractivity contribution < 1.29 is 17.9 Å². The van der Waals surface area contributed by atoms with Crippen molar-refractivity contribution in [2.24, 2.45) is 5.92 Å². The van der Waals surface area contributed by atoms with Crippen LogP contribution in [0, 0.1) is 18.7 Å². The van der Waals surface area contributed by atoms with Crippen LogP contribution in [-0.4, -0.2) is 37.5 Å². The molecule has 112 valence electrons. The Balaban J connectivity index is 2.10. The molecule has 0 amide bonds. The van der Waals surface area contributed by atoms with Gasteiger partial charge in [0.2, 0.25) is 0 Å². The number of anilines is 1. The van der Waals surface area contributed by atoms with E-state index in [1.54, 1.807) is 0 Å². The van der Waals surface area contributed by atoms with Gasteiger partial charge in [-0.2, -0.15) is 12.7 Å². The van der Waals surface area contributed by atoms with Gasteiger partial charge in [-0.3, -0.25) is 4.72 Å². The number of piperidine rings is 1. The molecule has 0 saturated carbocycles. The molecule has 0 aliphatic carbocycles. The third kappa shape index (κ3) is 3.28. The van der Waals surface area contributed by atoms with Crippen LogP contribution < -0.4 is 4.72 Å². The number of rotatable bonds is 4. The lowest BCUT2D eigenvalue weighted by molar-refractivity contribution is 0.170. The van der Waals surface area contributed by atoms with Crippen molar-refractivity contribution in [3.8, 4) is 0 Å². The van der Waals surface area contributed by atoms with E-state index in [9.17, 15) is 12.8 Å². The van der Waals surface area contributed by atoms with Crippen LogP contribution in [0.4, 0.5) is 10.1 Å². The maximum atomic E-state index is 13.4. The van der Waals surface area contributed by atoms with Crippen LogP contribution in [0.5, 0.6) is 0 Å². The smallest absolute Gasteiger partial charge is 0.301 e. The SMILES string of the molecule is Cc1c(F)cccc1NS(=O)(=O)N1CCC(CO)CC1. The van der Waals surface area contributed by atoms with E-state index in [2.05, 4.69) is 4.72 Å². The second-order valence-electron chi connectivity index (χ2n) is 5.04. The summed E-state index contributed by atoms with van der Waals surface area (Å²) in [5.74, 6) is -0.276. The highest BCUT2D eigenvalue weighted by Crippen LogP contribution is 2.23. The molecule has 1 saturated heterocycles. The second-order valence-corrected chi connectivity index (χ2v) is 6.72. The summed E-state index contributed by atoms with van der Waals surface area (Å²) in [6.07, 6.45) is 1.28. The molecule has 7 heteroatoms. The molecule has 0 atom stereocenters. The lowest BCUT2D eigenvalue weighted by Crippen LogP contribution is -2.42. The molecule has 0 spiro atoms. The molecule has 1 aromatic rings. The largest absolute Gasteiger partial charge is 0.396 e. The van der Waals surface area contributed by atoms with E-state index >= 15 is 0 Å². The summed E-state index contributed by atoms with van der Waals surface area (Å²) >= 11 is 0. The summed E-state index contributed by atoms with van der Waals surface area (Å²) in [6, 6.07) is 4.30. The lowest BCUT2D eigenvalue weighted by atomic mass is 10.00. The van der Waals surface area contributed by atoms with Crippen molar-refractivity contribution in [3.05, 3.63) is 29.6 Å². The van der Waals surface area contributed by atoms with E-state index in [1.807, 2.05) is 0 Å². The van der Waals surface area contributed by atoms with Gasteiger partial charge in [0.05, 0.1) is 5.69 Å². The van der Waals surface area contributed by atoms with Crippen molar-refractivity contribution in [2.45, 2.75) is 19.8 Å². The van der Waals surface area contributed by atoms with Gasteiger partial charge in [0.1, 0.15) is 5.82 Å². The lowest BCUT2D eigenvalue weighted by Gasteiger charge is -2.30. The highest BCUT2D eigenvalue weighted by atomic mass is 32.2. The molecule has 0 bridgehead atoms. The molecule has 1 aliphatic heterocycles. The first-order chi connectivity index (χ1) is 9.44. The number of aliphatic hydroxyl groups is 1. The molecular formula is C13H19FN2O3S.